The van der Waals surface area contributed by atoms with E-state index >= 15 is 0 Å². The summed E-state index contributed by atoms with van der Waals surface area (Å²) < 4.78 is 0. The molecule has 19 heavy (non-hydrogen) atoms. The van der Waals surface area contributed by atoms with Crippen LogP contribution in [0.1, 0.15) is 32.8 Å². The first-order valence-electron chi connectivity index (χ1n) is 6.22. The van der Waals surface area contributed by atoms with Crippen LogP contribution in [-0.4, -0.2) is 39.0 Å². The molecule has 0 fully saturated rings. The lowest BCUT2D eigenvalue weighted by Gasteiger charge is -2.34. The van der Waals surface area contributed by atoms with E-state index in [4.69, 9.17) is 5.11 Å². The molecule has 0 aliphatic rings. The monoisotopic (exact) mass is 264 g/mol. The normalized spacial score (nSPS) is 11.1. The Labute approximate surface area is 113 Å². The van der Waals surface area contributed by atoms with Gasteiger partial charge in [0.1, 0.15) is 6.54 Å². The maximum absolute atomic E-state index is 12.1. The van der Waals surface area contributed by atoms with Gasteiger partial charge in [-0.3, -0.25) is 14.6 Å². The minimum absolute atomic E-state index is 0.154. The summed E-state index contributed by atoms with van der Waals surface area (Å²) in [5.41, 5.74) is 0.477. The lowest BCUT2D eigenvalue weighted by molar-refractivity contribution is -0.148. The Hall–Kier alpha value is -1.91. The molecule has 104 valence electrons. The largest absolute Gasteiger partial charge is 0.480 e. The molecule has 0 radical (unpaired) electrons. The van der Waals surface area contributed by atoms with E-state index in [0.717, 1.165) is 5.56 Å². The second kappa shape index (κ2) is 6.31. The first-order chi connectivity index (χ1) is 8.80. The van der Waals surface area contributed by atoms with E-state index in [-0.39, 0.29) is 18.9 Å². The Balaban J connectivity index is 2.65. The van der Waals surface area contributed by atoms with Crippen molar-refractivity contribution in [3.05, 3.63) is 30.1 Å². The van der Waals surface area contributed by atoms with E-state index in [0.29, 0.717) is 6.42 Å². The number of aryl methyl sites for hydroxylation is 1. The molecular weight excluding hydrogens is 244 g/mol. The summed E-state index contributed by atoms with van der Waals surface area (Å²) in [5, 5.41) is 8.88. The van der Waals surface area contributed by atoms with Gasteiger partial charge in [0, 0.05) is 24.4 Å². The Bertz CT molecular complexity index is 438. The topological polar surface area (TPSA) is 70.5 Å². The molecule has 0 saturated carbocycles. The Morgan fingerprint density at radius 1 is 1.37 bits per heavy atom. The minimum atomic E-state index is -0.996. The standard InChI is InChI=1S/C14H20N2O3/c1-14(2,3)16(10-13(18)19)12(17)7-6-11-5-4-8-15-9-11/h4-5,8-9H,6-7,10H2,1-3H3,(H,18,19). The van der Waals surface area contributed by atoms with Crippen LogP contribution in [0.4, 0.5) is 0 Å². The van der Waals surface area contributed by atoms with Crippen molar-refractivity contribution in [2.45, 2.75) is 39.2 Å². The SMILES string of the molecule is CC(C)(C)N(CC(=O)O)C(=O)CCc1cccnc1. The van der Waals surface area contributed by atoms with Crippen LogP contribution in [0.25, 0.3) is 0 Å². The van der Waals surface area contributed by atoms with Crippen LogP contribution in [0.2, 0.25) is 0 Å². The predicted molar refractivity (Wildman–Crippen MR) is 71.7 cm³/mol. The molecule has 0 bridgehead atoms. The van der Waals surface area contributed by atoms with Crippen molar-refractivity contribution >= 4 is 11.9 Å². The number of aliphatic carboxylic acids is 1. The number of rotatable bonds is 5. The van der Waals surface area contributed by atoms with Gasteiger partial charge >= 0.3 is 5.97 Å². The van der Waals surface area contributed by atoms with Gasteiger partial charge in [0.25, 0.3) is 0 Å². The number of pyridine rings is 1. The average molecular weight is 264 g/mol. The van der Waals surface area contributed by atoms with Crippen LogP contribution < -0.4 is 0 Å². The van der Waals surface area contributed by atoms with E-state index < -0.39 is 11.5 Å². The molecule has 0 aliphatic heterocycles. The van der Waals surface area contributed by atoms with E-state index in [1.807, 2.05) is 32.9 Å². The maximum atomic E-state index is 12.1. The van der Waals surface area contributed by atoms with Gasteiger partial charge in [0.05, 0.1) is 0 Å². The van der Waals surface area contributed by atoms with Gasteiger partial charge in [0.15, 0.2) is 0 Å². The lowest BCUT2D eigenvalue weighted by atomic mass is 10.0. The molecule has 1 amide bonds. The number of carbonyl (C=O) groups is 2. The van der Waals surface area contributed by atoms with Gasteiger partial charge in [-0.2, -0.15) is 0 Å². The number of hydrogen-bond donors (Lipinski definition) is 1. The summed E-state index contributed by atoms with van der Waals surface area (Å²) in [4.78, 5) is 28.4. The summed E-state index contributed by atoms with van der Waals surface area (Å²) in [7, 11) is 0. The van der Waals surface area contributed by atoms with Crippen LogP contribution in [0, 0.1) is 0 Å². The van der Waals surface area contributed by atoms with Crippen molar-refractivity contribution in [3.63, 3.8) is 0 Å². The van der Waals surface area contributed by atoms with Crippen LogP contribution in [-0.2, 0) is 16.0 Å². The number of hydrogen-bond acceptors (Lipinski definition) is 3. The zero-order valence-electron chi connectivity index (χ0n) is 11.6. The summed E-state index contributed by atoms with van der Waals surface area (Å²) >= 11 is 0. The van der Waals surface area contributed by atoms with Gasteiger partial charge in [-0.05, 0) is 38.8 Å². The first kappa shape index (κ1) is 15.1. The Morgan fingerprint density at radius 2 is 2.05 bits per heavy atom. The molecule has 5 heteroatoms. The molecule has 1 N–H and O–H groups in total. The highest BCUT2D eigenvalue weighted by atomic mass is 16.4. The van der Waals surface area contributed by atoms with Crippen LogP contribution in [0.15, 0.2) is 24.5 Å². The smallest absolute Gasteiger partial charge is 0.323 e. The highest BCUT2D eigenvalue weighted by molar-refractivity contribution is 5.82. The number of nitrogens with zero attached hydrogens (tertiary/aromatic N) is 2. The van der Waals surface area contributed by atoms with Gasteiger partial charge in [0.2, 0.25) is 5.91 Å². The molecule has 1 aromatic heterocycles. The quantitative estimate of drug-likeness (QED) is 0.879. The van der Waals surface area contributed by atoms with Crippen molar-refractivity contribution < 1.29 is 14.7 Å². The lowest BCUT2D eigenvalue weighted by Crippen LogP contribution is -2.48. The third-order valence-electron chi connectivity index (χ3n) is 2.75. The van der Waals surface area contributed by atoms with Crippen molar-refractivity contribution in [1.29, 1.82) is 0 Å². The van der Waals surface area contributed by atoms with Crippen LogP contribution in [0.3, 0.4) is 0 Å². The maximum Gasteiger partial charge on any atom is 0.323 e. The van der Waals surface area contributed by atoms with E-state index in [9.17, 15) is 9.59 Å². The summed E-state index contributed by atoms with van der Waals surface area (Å²) in [6.45, 7) is 5.23. The summed E-state index contributed by atoms with van der Waals surface area (Å²) in [6, 6.07) is 3.72. The van der Waals surface area contributed by atoms with Crippen molar-refractivity contribution in [1.82, 2.24) is 9.88 Å². The molecule has 0 atom stereocenters. The highest BCUT2D eigenvalue weighted by Crippen LogP contribution is 2.15. The zero-order chi connectivity index (χ0) is 14.5. The molecule has 0 unspecified atom stereocenters. The molecule has 0 saturated heterocycles. The summed E-state index contributed by atoms with van der Waals surface area (Å²) in [5.74, 6) is -1.15. The number of aromatic nitrogens is 1. The zero-order valence-corrected chi connectivity index (χ0v) is 11.6. The fraction of sp³-hybridized carbons (Fsp3) is 0.500. The van der Waals surface area contributed by atoms with Gasteiger partial charge in [-0.25, -0.2) is 0 Å². The second-order valence-corrected chi connectivity index (χ2v) is 5.41. The van der Waals surface area contributed by atoms with Crippen molar-refractivity contribution in [3.8, 4) is 0 Å². The molecule has 5 nitrogen and oxygen atoms in total. The fourth-order valence-corrected chi connectivity index (χ4v) is 1.77. The predicted octanol–water partition coefficient (Wildman–Crippen LogP) is 1.73. The van der Waals surface area contributed by atoms with Crippen molar-refractivity contribution in [2.75, 3.05) is 6.54 Å². The number of carboxylic acids is 1. The van der Waals surface area contributed by atoms with Crippen LogP contribution >= 0.6 is 0 Å². The van der Waals surface area contributed by atoms with Crippen LogP contribution in [0.5, 0.6) is 0 Å². The van der Waals surface area contributed by atoms with Gasteiger partial charge < -0.3 is 10.0 Å². The minimum Gasteiger partial charge on any atom is -0.480 e. The van der Waals surface area contributed by atoms with Crippen molar-refractivity contribution in [2.24, 2.45) is 0 Å². The van der Waals surface area contributed by atoms with Gasteiger partial charge in [-0.1, -0.05) is 6.07 Å². The Morgan fingerprint density at radius 3 is 2.53 bits per heavy atom. The third-order valence-corrected chi connectivity index (χ3v) is 2.75. The molecular formula is C14H20N2O3. The number of carboxylic acid groups (broad SMARTS) is 1. The molecule has 1 aromatic rings. The molecule has 1 heterocycles. The third kappa shape index (κ3) is 5.07. The average Bonchev–Trinajstić information content (AvgIpc) is 2.33. The van der Waals surface area contributed by atoms with E-state index in [1.54, 1.807) is 12.4 Å². The molecule has 0 spiro atoms. The molecule has 0 aromatic carbocycles. The van der Waals surface area contributed by atoms with E-state index in [1.165, 1.54) is 4.90 Å². The number of carbonyl (C=O) groups excluding carboxylic acids is 1. The molecule has 1 rings (SSSR count). The number of amides is 1. The molecule has 0 aliphatic carbocycles. The summed E-state index contributed by atoms with van der Waals surface area (Å²) in [6.07, 6.45) is 4.25. The van der Waals surface area contributed by atoms with E-state index in [2.05, 4.69) is 4.98 Å². The second-order valence-electron chi connectivity index (χ2n) is 5.41. The van der Waals surface area contributed by atoms with Gasteiger partial charge in [-0.15, -0.1) is 0 Å². The first-order valence-corrected chi connectivity index (χ1v) is 6.22. The fourth-order valence-electron chi connectivity index (χ4n) is 1.77. The Kier molecular flexibility index (Phi) is 5.03. The highest BCUT2D eigenvalue weighted by Gasteiger charge is 2.27.